The number of rotatable bonds is 4. The lowest BCUT2D eigenvalue weighted by atomic mass is 10.0. The lowest BCUT2D eigenvalue weighted by Gasteiger charge is -2.13. The van der Waals surface area contributed by atoms with E-state index in [9.17, 15) is 4.21 Å². The first kappa shape index (κ1) is 12.7. The molecule has 1 saturated heterocycles. The van der Waals surface area contributed by atoms with Crippen molar-refractivity contribution in [1.29, 1.82) is 0 Å². The number of thiocarbonyl (C=S) groups is 1. The molecule has 0 bridgehead atoms. The van der Waals surface area contributed by atoms with Gasteiger partial charge in [-0.1, -0.05) is 53.7 Å². The quantitative estimate of drug-likeness (QED) is 0.336. The van der Waals surface area contributed by atoms with Crippen LogP contribution in [-0.2, 0) is 10.8 Å². The highest BCUT2D eigenvalue weighted by Gasteiger charge is 2.41. The minimum Gasteiger partial charge on any atom is -0.253 e. The Morgan fingerprint density at radius 2 is 2.29 bits per heavy atom. The van der Waals surface area contributed by atoms with Crippen LogP contribution in [0.15, 0.2) is 12.7 Å². The van der Waals surface area contributed by atoms with Crippen molar-refractivity contribution in [2.45, 2.75) is 18.4 Å². The normalized spacial score (nSPS) is 37.4. The van der Waals surface area contributed by atoms with Gasteiger partial charge in [0.2, 0.25) is 0 Å². The molecule has 0 aromatic carbocycles. The van der Waals surface area contributed by atoms with Gasteiger partial charge in [-0.25, -0.2) is 0 Å². The van der Waals surface area contributed by atoms with Crippen molar-refractivity contribution < 1.29 is 4.21 Å². The zero-order valence-electron chi connectivity index (χ0n) is 8.26. The summed E-state index contributed by atoms with van der Waals surface area (Å²) in [6.45, 7) is 7.86. The van der Waals surface area contributed by atoms with E-state index >= 15 is 0 Å². The standard InChI is InChI=1S/C9H14OS4/c1-4-5-12-13-9-7(3)6(2)8(11)14(9)10/h4,6-7,9H,1,5H2,2-3H3/t6-,7-,9-,14?/m0/s1. The van der Waals surface area contributed by atoms with Crippen LogP contribution in [-0.4, -0.2) is 18.7 Å². The van der Waals surface area contributed by atoms with E-state index in [2.05, 4.69) is 20.4 Å². The van der Waals surface area contributed by atoms with Crippen LogP contribution in [0.4, 0.5) is 0 Å². The molecule has 0 amide bonds. The Morgan fingerprint density at radius 1 is 1.64 bits per heavy atom. The van der Waals surface area contributed by atoms with Crippen molar-refractivity contribution in [3.8, 4) is 0 Å². The van der Waals surface area contributed by atoms with E-state index in [1.807, 2.05) is 6.08 Å². The van der Waals surface area contributed by atoms with Gasteiger partial charge in [0, 0.05) is 11.7 Å². The molecule has 1 unspecified atom stereocenters. The maximum Gasteiger partial charge on any atom is 0.0988 e. The van der Waals surface area contributed by atoms with Crippen molar-refractivity contribution in [2.75, 3.05) is 5.75 Å². The lowest BCUT2D eigenvalue weighted by molar-refractivity contribution is 0.544. The fraction of sp³-hybridized carbons (Fsp3) is 0.667. The zero-order chi connectivity index (χ0) is 10.7. The molecule has 14 heavy (non-hydrogen) atoms. The summed E-state index contributed by atoms with van der Waals surface area (Å²) in [6, 6.07) is 0. The summed E-state index contributed by atoms with van der Waals surface area (Å²) in [4.78, 5) is 0. The van der Waals surface area contributed by atoms with Crippen molar-refractivity contribution in [2.24, 2.45) is 11.8 Å². The van der Waals surface area contributed by atoms with Crippen LogP contribution < -0.4 is 0 Å². The highest BCUT2D eigenvalue weighted by Crippen LogP contribution is 2.42. The first-order valence-electron chi connectivity index (χ1n) is 4.43. The molecular formula is C9H14OS4. The van der Waals surface area contributed by atoms with E-state index < -0.39 is 10.8 Å². The average molecular weight is 266 g/mol. The van der Waals surface area contributed by atoms with Crippen LogP contribution in [0.5, 0.6) is 0 Å². The first-order chi connectivity index (χ1) is 6.59. The molecule has 0 N–H and O–H groups in total. The Morgan fingerprint density at radius 3 is 2.71 bits per heavy atom. The molecule has 0 aromatic heterocycles. The third-order valence-electron chi connectivity index (χ3n) is 2.35. The largest absolute Gasteiger partial charge is 0.253 e. The molecule has 1 aliphatic rings. The summed E-state index contributed by atoms with van der Waals surface area (Å²) in [5.74, 6) is 1.63. The molecule has 1 aliphatic heterocycles. The van der Waals surface area contributed by atoms with Gasteiger partial charge in [0.1, 0.15) is 0 Å². The second-order valence-electron chi connectivity index (χ2n) is 3.30. The van der Waals surface area contributed by atoms with Gasteiger partial charge in [-0.3, -0.25) is 4.21 Å². The average Bonchev–Trinajstić information content (AvgIpc) is 2.35. The smallest absolute Gasteiger partial charge is 0.0988 e. The molecule has 80 valence electrons. The summed E-state index contributed by atoms with van der Waals surface area (Å²) in [5, 5.41) is 0. The Hall–Kier alpha value is 0.680. The molecule has 1 fully saturated rings. The third-order valence-corrected chi connectivity index (χ3v) is 8.58. The maximum atomic E-state index is 11.8. The molecule has 1 rings (SSSR count). The van der Waals surface area contributed by atoms with Crippen molar-refractivity contribution in [3.63, 3.8) is 0 Å². The second kappa shape index (κ2) is 5.68. The fourth-order valence-electron chi connectivity index (χ4n) is 1.22. The monoisotopic (exact) mass is 266 g/mol. The van der Waals surface area contributed by atoms with Crippen LogP contribution in [0.25, 0.3) is 0 Å². The lowest BCUT2D eigenvalue weighted by Crippen LogP contribution is -2.12. The second-order valence-corrected chi connectivity index (χ2v) is 8.40. The van der Waals surface area contributed by atoms with Crippen molar-refractivity contribution in [3.05, 3.63) is 12.7 Å². The highest BCUT2D eigenvalue weighted by atomic mass is 33.1. The molecule has 0 saturated carbocycles. The first-order valence-corrected chi connectivity index (χ1v) is 8.43. The Labute approximate surface area is 101 Å². The molecule has 0 radical (unpaired) electrons. The van der Waals surface area contributed by atoms with Crippen molar-refractivity contribution in [1.82, 2.24) is 0 Å². The van der Waals surface area contributed by atoms with Gasteiger partial charge in [0.05, 0.1) is 19.6 Å². The van der Waals surface area contributed by atoms with Gasteiger partial charge in [0.25, 0.3) is 0 Å². The Bertz CT molecular complexity index is 264. The van der Waals surface area contributed by atoms with Crippen LogP contribution in [0.3, 0.4) is 0 Å². The third kappa shape index (κ3) is 2.62. The minimum absolute atomic E-state index is 0.169. The van der Waals surface area contributed by atoms with E-state index in [4.69, 9.17) is 12.2 Å². The van der Waals surface area contributed by atoms with Crippen molar-refractivity contribution >= 4 is 48.8 Å². The molecule has 0 aromatic rings. The van der Waals surface area contributed by atoms with Gasteiger partial charge in [-0.05, 0) is 5.92 Å². The van der Waals surface area contributed by atoms with E-state index in [1.54, 1.807) is 21.6 Å². The van der Waals surface area contributed by atoms with Gasteiger partial charge in [-0.2, -0.15) is 0 Å². The Kier molecular flexibility index (Phi) is 5.17. The summed E-state index contributed by atoms with van der Waals surface area (Å²) < 4.78 is 12.7. The summed E-state index contributed by atoms with van der Waals surface area (Å²) in [5.41, 5.74) is 0. The minimum atomic E-state index is -0.930. The van der Waals surface area contributed by atoms with Gasteiger partial charge >= 0.3 is 0 Å². The van der Waals surface area contributed by atoms with E-state index in [0.717, 1.165) is 9.95 Å². The predicted octanol–water partition coefficient (Wildman–Crippen LogP) is 3.24. The van der Waals surface area contributed by atoms with E-state index in [0.29, 0.717) is 11.8 Å². The summed E-state index contributed by atoms with van der Waals surface area (Å²) in [7, 11) is 2.47. The Balaban J connectivity index is 2.56. The SMILES string of the molecule is C=CCSS[C@@H]1[C@@H](C)[C@H](C)C(=S)S1=O. The summed E-state index contributed by atoms with van der Waals surface area (Å²) >= 11 is 5.15. The molecule has 0 aliphatic carbocycles. The fourth-order valence-corrected chi connectivity index (χ4v) is 7.28. The van der Waals surface area contributed by atoms with Gasteiger partial charge < -0.3 is 0 Å². The number of hydrogen-bond donors (Lipinski definition) is 0. The van der Waals surface area contributed by atoms with Crippen LogP contribution in [0, 0.1) is 11.8 Å². The summed E-state index contributed by atoms with van der Waals surface area (Å²) in [6.07, 6.45) is 1.86. The van der Waals surface area contributed by atoms with Gasteiger partial charge in [-0.15, -0.1) is 6.58 Å². The molecular weight excluding hydrogens is 252 g/mol. The van der Waals surface area contributed by atoms with Crippen LogP contribution in [0.1, 0.15) is 13.8 Å². The van der Waals surface area contributed by atoms with E-state index in [-0.39, 0.29) is 4.58 Å². The van der Waals surface area contributed by atoms with Crippen LogP contribution >= 0.6 is 33.8 Å². The van der Waals surface area contributed by atoms with Crippen LogP contribution in [0.2, 0.25) is 0 Å². The maximum absolute atomic E-state index is 11.8. The highest BCUT2D eigenvalue weighted by molar-refractivity contribution is 8.78. The number of hydrogen-bond acceptors (Lipinski definition) is 4. The van der Waals surface area contributed by atoms with Gasteiger partial charge in [0.15, 0.2) is 0 Å². The van der Waals surface area contributed by atoms with E-state index in [1.165, 1.54) is 0 Å². The zero-order valence-corrected chi connectivity index (χ0v) is 11.5. The molecule has 1 heterocycles. The molecule has 0 spiro atoms. The molecule has 5 heteroatoms. The topological polar surface area (TPSA) is 17.1 Å². The predicted molar refractivity (Wildman–Crippen MR) is 73.1 cm³/mol. The molecule has 4 atom stereocenters. The molecule has 1 nitrogen and oxygen atoms in total.